The quantitative estimate of drug-likeness (QED) is 0.678. The van der Waals surface area contributed by atoms with Crippen LogP contribution < -0.4 is 10.1 Å². The number of nitrogens with one attached hydrogen (secondary N) is 1. The van der Waals surface area contributed by atoms with Crippen molar-refractivity contribution < 1.29 is 9.53 Å². The summed E-state index contributed by atoms with van der Waals surface area (Å²) in [5, 5.41) is 11.8. The smallest absolute Gasteiger partial charge is 0.262 e. The third kappa shape index (κ3) is 4.18. The summed E-state index contributed by atoms with van der Waals surface area (Å²) < 4.78 is 5.11. The molecule has 0 saturated carbocycles. The highest BCUT2D eigenvalue weighted by Gasteiger charge is 2.09. The number of carbonyl (C=O) groups is 1. The second-order valence-electron chi connectivity index (χ2n) is 4.45. The number of nitrogens with zero attached hydrogens (tertiary/aromatic N) is 2. The molecule has 0 atom stereocenters. The van der Waals surface area contributed by atoms with Crippen molar-refractivity contribution in [3.05, 3.63) is 65.5 Å². The van der Waals surface area contributed by atoms with E-state index in [-0.39, 0.29) is 12.1 Å². The molecule has 0 unspecified atom stereocenters. The van der Waals surface area contributed by atoms with Gasteiger partial charge in [-0.25, -0.2) is 0 Å². The molecule has 22 heavy (non-hydrogen) atoms. The van der Waals surface area contributed by atoms with Gasteiger partial charge in [-0.3, -0.25) is 9.78 Å². The zero-order valence-corrected chi connectivity index (χ0v) is 12.1. The van der Waals surface area contributed by atoms with E-state index in [1.807, 2.05) is 12.1 Å². The van der Waals surface area contributed by atoms with Gasteiger partial charge in [0, 0.05) is 6.20 Å². The lowest BCUT2D eigenvalue weighted by Crippen LogP contribution is -2.24. The highest BCUT2D eigenvalue weighted by atomic mass is 16.5. The molecule has 0 fully saturated rings. The van der Waals surface area contributed by atoms with Crippen LogP contribution in [0.15, 0.2) is 54.2 Å². The molecular formula is C17H15N3O2. The molecule has 5 nitrogen and oxygen atoms in total. The number of aromatic nitrogens is 1. The van der Waals surface area contributed by atoms with Gasteiger partial charge in [-0.1, -0.05) is 18.2 Å². The molecule has 0 saturated heterocycles. The number of nitriles is 1. The van der Waals surface area contributed by atoms with Crippen LogP contribution >= 0.6 is 0 Å². The molecule has 0 aliphatic rings. The van der Waals surface area contributed by atoms with Crippen LogP contribution in [0.3, 0.4) is 0 Å². The number of benzene rings is 1. The molecule has 2 aromatic rings. The summed E-state index contributed by atoms with van der Waals surface area (Å²) in [5.41, 5.74) is 1.49. The molecule has 1 aromatic carbocycles. The van der Waals surface area contributed by atoms with Crippen LogP contribution in [0.2, 0.25) is 0 Å². The van der Waals surface area contributed by atoms with Gasteiger partial charge in [0.1, 0.15) is 17.4 Å². The fourth-order valence-electron chi connectivity index (χ4n) is 1.82. The Morgan fingerprint density at radius 3 is 2.91 bits per heavy atom. The van der Waals surface area contributed by atoms with E-state index in [2.05, 4.69) is 10.3 Å². The van der Waals surface area contributed by atoms with Gasteiger partial charge in [0.05, 0.1) is 19.3 Å². The number of rotatable bonds is 5. The predicted molar refractivity (Wildman–Crippen MR) is 82.7 cm³/mol. The topological polar surface area (TPSA) is 75.0 Å². The Labute approximate surface area is 128 Å². The number of pyridine rings is 1. The van der Waals surface area contributed by atoms with Crippen molar-refractivity contribution in [1.29, 1.82) is 5.26 Å². The van der Waals surface area contributed by atoms with E-state index in [1.165, 1.54) is 6.08 Å². The Bertz CT molecular complexity index is 718. The maximum Gasteiger partial charge on any atom is 0.262 e. The third-order valence-corrected chi connectivity index (χ3v) is 2.93. The Hall–Kier alpha value is -3.13. The number of amides is 1. The second-order valence-corrected chi connectivity index (χ2v) is 4.45. The lowest BCUT2D eigenvalue weighted by atomic mass is 10.1. The van der Waals surface area contributed by atoms with Crippen molar-refractivity contribution in [3.63, 3.8) is 0 Å². The first kappa shape index (κ1) is 15.3. The van der Waals surface area contributed by atoms with Crippen molar-refractivity contribution >= 4 is 12.0 Å². The first-order chi connectivity index (χ1) is 10.7. The SMILES string of the molecule is COc1cccc(/C=C(\C#N)C(=O)NCc2ccccn2)c1. The van der Waals surface area contributed by atoms with Crippen molar-refractivity contribution in [1.82, 2.24) is 10.3 Å². The van der Waals surface area contributed by atoms with Gasteiger partial charge in [-0.2, -0.15) is 5.26 Å². The lowest BCUT2D eigenvalue weighted by Gasteiger charge is -2.04. The molecule has 1 heterocycles. The standard InChI is InChI=1S/C17H15N3O2/c1-22-16-7-4-5-13(10-16)9-14(11-18)17(21)20-12-15-6-2-3-8-19-15/h2-10H,12H2,1H3,(H,20,21)/b14-9+. The van der Waals surface area contributed by atoms with Gasteiger partial charge in [0.2, 0.25) is 0 Å². The summed E-state index contributed by atoms with van der Waals surface area (Å²) in [6.45, 7) is 0.275. The molecule has 1 aromatic heterocycles. The number of ether oxygens (including phenoxy) is 1. The molecule has 0 aliphatic heterocycles. The van der Waals surface area contributed by atoms with Crippen LogP contribution in [-0.4, -0.2) is 18.0 Å². The van der Waals surface area contributed by atoms with Gasteiger partial charge in [0.25, 0.3) is 5.91 Å². The number of hydrogen-bond acceptors (Lipinski definition) is 4. The van der Waals surface area contributed by atoms with E-state index in [0.29, 0.717) is 5.75 Å². The average Bonchev–Trinajstić information content (AvgIpc) is 2.58. The normalized spacial score (nSPS) is 10.6. The summed E-state index contributed by atoms with van der Waals surface area (Å²) >= 11 is 0. The summed E-state index contributed by atoms with van der Waals surface area (Å²) in [6.07, 6.45) is 3.18. The zero-order chi connectivity index (χ0) is 15.8. The molecule has 0 aliphatic carbocycles. The predicted octanol–water partition coefficient (Wildman–Crippen LogP) is 2.31. The van der Waals surface area contributed by atoms with Gasteiger partial charge >= 0.3 is 0 Å². The molecule has 1 N–H and O–H groups in total. The van der Waals surface area contributed by atoms with Crippen LogP contribution in [0.4, 0.5) is 0 Å². The first-order valence-electron chi connectivity index (χ1n) is 6.67. The Balaban J connectivity index is 2.08. The van der Waals surface area contributed by atoms with E-state index >= 15 is 0 Å². The number of carbonyl (C=O) groups excluding carboxylic acids is 1. The number of methoxy groups -OCH3 is 1. The van der Waals surface area contributed by atoms with Gasteiger partial charge in [-0.15, -0.1) is 0 Å². The maximum atomic E-state index is 12.0. The minimum absolute atomic E-state index is 0.0317. The first-order valence-corrected chi connectivity index (χ1v) is 6.67. The molecule has 0 bridgehead atoms. The Kier molecular flexibility index (Phi) is 5.27. The zero-order valence-electron chi connectivity index (χ0n) is 12.1. The molecule has 5 heteroatoms. The maximum absolute atomic E-state index is 12.0. The van der Waals surface area contributed by atoms with Crippen LogP contribution in [0.25, 0.3) is 6.08 Å². The van der Waals surface area contributed by atoms with E-state index < -0.39 is 5.91 Å². The summed E-state index contributed by atoms with van der Waals surface area (Å²) in [5.74, 6) is 0.232. The van der Waals surface area contributed by atoms with E-state index in [9.17, 15) is 4.79 Å². The largest absolute Gasteiger partial charge is 0.497 e. The molecule has 1 amide bonds. The number of hydrogen-bond donors (Lipinski definition) is 1. The fraction of sp³-hybridized carbons (Fsp3) is 0.118. The molecular weight excluding hydrogens is 278 g/mol. The van der Waals surface area contributed by atoms with Crippen LogP contribution in [0.1, 0.15) is 11.3 Å². The lowest BCUT2D eigenvalue weighted by molar-refractivity contribution is -0.117. The molecule has 2 rings (SSSR count). The van der Waals surface area contributed by atoms with Crippen molar-refractivity contribution in [2.45, 2.75) is 6.54 Å². The van der Waals surface area contributed by atoms with Crippen LogP contribution in [0.5, 0.6) is 5.75 Å². The molecule has 110 valence electrons. The Morgan fingerprint density at radius 2 is 2.23 bits per heavy atom. The van der Waals surface area contributed by atoms with E-state index in [0.717, 1.165) is 11.3 Å². The summed E-state index contributed by atoms with van der Waals surface area (Å²) in [6, 6.07) is 14.5. The van der Waals surface area contributed by atoms with Gasteiger partial charge in [0.15, 0.2) is 0 Å². The van der Waals surface area contributed by atoms with E-state index in [4.69, 9.17) is 10.00 Å². The third-order valence-electron chi connectivity index (χ3n) is 2.93. The minimum atomic E-state index is -0.434. The van der Waals surface area contributed by atoms with Crippen molar-refractivity contribution in [2.75, 3.05) is 7.11 Å². The highest BCUT2D eigenvalue weighted by Crippen LogP contribution is 2.15. The van der Waals surface area contributed by atoms with Crippen LogP contribution in [-0.2, 0) is 11.3 Å². The Morgan fingerprint density at radius 1 is 1.36 bits per heavy atom. The minimum Gasteiger partial charge on any atom is -0.497 e. The molecule has 0 spiro atoms. The fourth-order valence-corrected chi connectivity index (χ4v) is 1.82. The highest BCUT2D eigenvalue weighted by molar-refractivity contribution is 6.01. The van der Waals surface area contributed by atoms with Gasteiger partial charge < -0.3 is 10.1 Å². The monoisotopic (exact) mass is 293 g/mol. The summed E-state index contributed by atoms with van der Waals surface area (Å²) in [7, 11) is 1.56. The average molecular weight is 293 g/mol. The van der Waals surface area contributed by atoms with Crippen molar-refractivity contribution in [3.8, 4) is 11.8 Å². The summed E-state index contributed by atoms with van der Waals surface area (Å²) in [4.78, 5) is 16.2. The van der Waals surface area contributed by atoms with Crippen molar-refractivity contribution in [2.24, 2.45) is 0 Å². The van der Waals surface area contributed by atoms with Gasteiger partial charge in [-0.05, 0) is 35.9 Å². The molecule has 0 radical (unpaired) electrons. The van der Waals surface area contributed by atoms with E-state index in [1.54, 1.807) is 49.7 Å². The second kappa shape index (κ2) is 7.60. The van der Waals surface area contributed by atoms with Crippen LogP contribution in [0, 0.1) is 11.3 Å².